The number of ketones is 2. The normalized spacial score (nSPS) is 11.0. The average molecular weight is 360 g/mol. The van der Waals surface area contributed by atoms with E-state index < -0.39 is 6.89 Å². The standard InChI is InChI=1S/C23H21O2P/c1-18(24)23(19(2)25)26(20-12-6-3-7-13-20,21-14-8-4-9-15-21)22-16-10-5-11-17-22/h3-17H,1-2H3. The fourth-order valence-electron chi connectivity index (χ4n) is 3.51. The maximum atomic E-state index is 12.7. The summed E-state index contributed by atoms with van der Waals surface area (Å²) in [6.07, 6.45) is 0. The van der Waals surface area contributed by atoms with Crippen LogP contribution in [0.1, 0.15) is 13.8 Å². The number of hydrogen-bond acceptors (Lipinski definition) is 2. The zero-order valence-corrected chi connectivity index (χ0v) is 15.8. The van der Waals surface area contributed by atoms with Crippen LogP contribution in [-0.4, -0.2) is 16.9 Å². The Labute approximate surface area is 154 Å². The summed E-state index contributed by atoms with van der Waals surface area (Å²) >= 11 is 0. The molecule has 26 heavy (non-hydrogen) atoms. The van der Waals surface area contributed by atoms with Gasteiger partial charge in [-0.3, -0.25) is 9.59 Å². The van der Waals surface area contributed by atoms with Gasteiger partial charge < -0.3 is 0 Å². The summed E-state index contributed by atoms with van der Waals surface area (Å²) in [7, 11) is 0. The van der Waals surface area contributed by atoms with Crippen molar-refractivity contribution in [1.82, 2.24) is 0 Å². The van der Waals surface area contributed by atoms with Gasteiger partial charge in [0.15, 0.2) is 11.6 Å². The first-order valence-corrected chi connectivity index (χ1v) is 10.3. The van der Waals surface area contributed by atoms with Crippen LogP contribution in [-0.2, 0) is 9.59 Å². The summed E-state index contributed by atoms with van der Waals surface area (Å²) in [6.45, 7) is 0.443. The Morgan fingerprint density at radius 1 is 0.538 bits per heavy atom. The lowest BCUT2D eigenvalue weighted by molar-refractivity contribution is -0.114. The average Bonchev–Trinajstić information content (AvgIpc) is 2.67. The Morgan fingerprint density at radius 2 is 0.808 bits per heavy atom. The van der Waals surface area contributed by atoms with Crippen molar-refractivity contribution in [3.63, 3.8) is 0 Å². The molecule has 0 atom stereocenters. The summed E-state index contributed by atoms with van der Waals surface area (Å²) in [5.41, 5.74) is 0. The van der Waals surface area contributed by atoms with Crippen molar-refractivity contribution in [2.75, 3.05) is 0 Å². The monoisotopic (exact) mass is 360 g/mol. The zero-order valence-electron chi connectivity index (χ0n) is 14.9. The molecular formula is C23H21O2P. The van der Waals surface area contributed by atoms with Gasteiger partial charge in [-0.1, -0.05) is 91.0 Å². The fourth-order valence-corrected chi connectivity index (χ4v) is 7.98. The molecular weight excluding hydrogens is 339 g/mol. The molecule has 3 heteroatoms. The van der Waals surface area contributed by atoms with E-state index in [1.54, 1.807) is 0 Å². The van der Waals surface area contributed by atoms with E-state index >= 15 is 0 Å². The summed E-state index contributed by atoms with van der Waals surface area (Å²) in [6, 6.07) is 29.8. The van der Waals surface area contributed by atoms with E-state index in [0.717, 1.165) is 15.9 Å². The minimum atomic E-state index is -2.56. The molecule has 0 aromatic heterocycles. The predicted molar refractivity (Wildman–Crippen MR) is 112 cm³/mol. The second kappa shape index (κ2) is 7.68. The van der Waals surface area contributed by atoms with Gasteiger partial charge >= 0.3 is 0 Å². The molecule has 0 aliphatic carbocycles. The van der Waals surface area contributed by atoms with E-state index in [2.05, 4.69) is 0 Å². The SMILES string of the molecule is CC(=O)C(C(C)=O)=P(c1ccccc1)(c1ccccc1)c1ccccc1. The molecule has 130 valence electrons. The van der Waals surface area contributed by atoms with E-state index in [9.17, 15) is 9.59 Å². The summed E-state index contributed by atoms with van der Waals surface area (Å²) in [5.74, 6) is -0.329. The maximum Gasteiger partial charge on any atom is 0.164 e. The van der Waals surface area contributed by atoms with Gasteiger partial charge in [0.25, 0.3) is 0 Å². The Balaban J connectivity index is 2.64. The third-order valence-electron chi connectivity index (χ3n) is 4.43. The number of rotatable bonds is 5. The summed E-state index contributed by atoms with van der Waals surface area (Å²) < 4.78 is 0. The van der Waals surface area contributed by atoms with Crippen LogP contribution in [0.4, 0.5) is 0 Å². The van der Waals surface area contributed by atoms with Crippen LogP contribution in [0.5, 0.6) is 0 Å². The Morgan fingerprint density at radius 3 is 1.04 bits per heavy atom. The lowest BCUT2D eigenvalue weighted by atomic mass is 10.2. The molecule has 3 aromatic carbocycles. The van der Waals surface area contributed by atoms with Crippen LogP contribution in [0.25, 0.3) is 0 Å². The molecule has 3 aromatic rings. The van der Waals surface area contributed by atoms with E-state index in [1.165, 1.54) is 13.8 Å². The highest BCUT2D eigenvalue weighted by atomic mass is 31.2. The number of hydrogen-bond donors (Lipinski definition) is 0. The van der Waals surface area contributed by atoms with Crippen LogP contribution in [0.3, 0.4) is 0 Å². The van der Waals surface area contributed by atoms with Crippen molar-refractivity contribution in [3.8, 4) is 0 Å². The van der Waals surface area contributed by atoms with Crippen molar-refractivity contribution in [3.05, 3.63) is 91.0 Å². The van der Waals surface area contributed by atoms with Gasteiger partial charge in [-0.2, -0.15) is 0 Å². The molecule has 0 aliphatic heterocycles. The van der Waals surface area contributed by atoms with Crippen LogP contribution in [0.15, 0.2) is 91.0 Å². The number of Topliss-reactive ketones (excluding diaryl/α,β-unsaturated/α-hetero) is 2. The number of benzene rings is 3. The van der Waals surface area contributed by atoms with Gasteiger partial charge in [0, 0.05) is 0 Å². The van der Waals surface area contributed by atoms with E-state index in [0.29, 0.717) is 5.29 Å². The molecule has 0 unspecified atom stereocenters. The first-order valence-electron chi connectivity index (χ1n) is 8.53. The summed E-state index contributed by atoms with van der Waals surface area (Å²) in [4.78, 5) is 25.4. The van der Waals surface area contributed by atoms with Gasteiger partial charge in [0.2, 0.25) is 0 Å². The molecule has 0 amide bonds. The van der Waals surface area contributed by atoms with E-state index in [-0.39, 0.29) is 11.6 Å². The Bertz CT molecular complexity index is 855. The summed E-state index contributed by atoms with van der Waals surface area (Å²) in [5, 5.41) is 3.43. The molecule has 0 radical (unpaired) electrons. The number of carbonyl (C=O) groups is 2. The molecule has 0 saturated heterocycles. The van der Waals surface area contributed by atoms with Crippen molar-refractivity contribution in [2.45, 2.75) is 13.8 Å². The lowest BCUT2D eigenvalue weighted by Gasteiger charge is -2.31. The molecule has 0 saturated carbocycles. The van der Waals surface area contributed by atoms with E-state index in [1.807, 2.05) is 91.0 Å². The zero-order chi connectivity index (χ0) is 18.6. The first-order chi connectivity index (χ1) is 12.6. The van der Waals surface area contributed by atoms with Crippen molar-refractivity contribution in [1.29, 1.82) is 0 Å². The van der Waals surface area contributed by atoms with Crippen molar-refractivity contribution < 1.29 is 9.59 Å². The van der Waals surface area contributed by atoms with Gasteiger partial charge in [-0.15, -0.1) is 0 Å². The minimum absolute atomic E-state index is 0.164. The smallest absolute Gasteiger partial charge is 0.164 e. The molecule has 0 aliphatic rings. The fraction of sp³-hybridized carbons (Fsp3) is 0.0870. The van der Waals surface area contributed by atoms with Crippen LogP contribution < -0.4 is 15.9 Å². The molecule has 0 fully saturated rings. The second-order valence-electron chi connectivity index (χ2n) is 6.14. The van der Waals surface area contributed by atoms with Crippen molar-refractivity contribution >= 4 is 39.7 Å². The lowest BCUT2D eigenvalue weighted by Crippen LogP contribution is -2.35. The van der Waals surface area contributed by atoms with Crippen LogP contribution >= 0.6 is 6.89 Å². The molecule has 0 heterocycles. The van der Waals surface area contributed by atoms with Crippen molar-refractivity contribution in [2.24, 2.45) is 0 Å². The van der Waals surface area contributed by atoms with Gasteiger partial charge in [-0.25, -0.2) is 0 Å². The Kier molecular flexibility index (Phi) is 5.35. The third kappa shape index (κ3) is 3.09. The molecule has 0 bridgehead atoms. The third-order valence-corrected chi connectivity index (χ3v) is 8.95. The largest absolute Gasteiger partial charge is 0.294 e. The maximum absolute atomic E-state index is 12.7. The molecule has 3 rings (SSSR count). The number of carbonyl (C=O) groups excluding carboxylic acids is 2. The van der Waals surface area contributed by atoms with Gasteiger partial charge in [0.05, 0.1) is 5.29 Å². The van der Waals surface area contributed by atoms with Crippen LogP contribution in [0, 0.1) is 0 Å². The first kappa shape index (κ1) is 18.1. The van der Waals surface area contributed by atoms with Crippen LogP contribution in [0.2, 0.25) is 0 Å². The predicted octanol–water partition coefficient (Wildman–Crippen LogP) is 3.33. The minimum Gasteiger partial charge on any atom is -0.294 e. The molecule has 2 nitrogen and oxygen atoms in total. The highest BCUT2D eigenvalue weighted by Gasteiger charge is 2.33. The quantitative estimate of drug-likeness (QED) is 0.517. The highest BCUT2D eigenvalue weighted by molar-refractivity contribution is 7.97. The van der Waals surface area contributed by atoms with Gasteiger partial charge in [0.1, 0.15) is 0 Å². The second-order valence-corrected chi connectivity index (χ2v) is 9.48. The molecule has 0 N–H and O–H groups in total. The van der Waals surface area contributed by atoms with Gasteiger partial charge in [-0.05, 0) is 36.6 Å². The van der Waals surface area contributed by atoms with E-state index in [4.69, 9.17) is 0 Å². The Hall–Kier alpha value is -2.70. The molecule has 0 spiro atoms. The topological polar surface area (TPSA) is 34.1 Å². The highest BCUT2D eigenvalue weighted by Crippen LogP contribution is 2.46.